The van der Waals surface area contributed by atoms with Crippen LogP contribution in [0.5, 0.6) is 5.75 Å². The van der Waals surface area contributed by atoms with Crippen molar-refractivity contribution < 1.29 is 4.74 Å². The molecule has 0 aliphatic rings. The molecule has 0 spiro atoms. The molecule has 0 aliphatic heterocycles. The summed E-state index contributed by atoms with van der Waals surface area (Å²) in [5.41, 5.74) is 4.79. The van der Waals surface area contributed by atoms with Gasteiger partial charge in [-0.1, -0.05) is 12.1 Å². The van der Waals surface area contributed by atoms with Crippen molar-refractivity contribution in [1.29, 1.82) is 10.5 Å². The third-order valence-corrected chi connectivity index (χ3v) is 4.25. The van der Waals surface area contributed by atoms with Crippen LogP contribution in [0.3, 0.4) is 0 Å². The third kappa shape index (κ3) is 4.23. The fourth-order valence-corrected chi connectivity index (χ4v) is 2.63. The first-order valence-electron chi connectivity index (χ1n) is 8.43. The molecule has 0 N–H and O–H groups in total. The molecule has 3 aromatic rings. The van der Waals surface area contributed by atoms with Gasteiger partial charge in [-0.3, -0.25) is 4.98 Å². The summed E-state index contributed by atoms with van der Waals surface area (Å²) in [7, 11) is 1.94. The molecule has 5 heteroatoms. The molecule has 1 aromatic heterocycles. The molecule has 0 saturated heterocycles. The minimum atomic E-state index is 0.363. The van der Waals surface area contributed by atoms with Gasteiger partial charge in [0, 0.05) is 18.8 Å². The fraction of sp³-hybridized carbons (Fsp3) is 0.136. The Labute approximate surface area is 158 Å². The van der Waals surface area contributed by atoms with Crippen molar-refractivity contribution in [2.24, 2.45) is 0 Å². The van der Waals surface area contributed by atoms with E-state index in [2.05, 4.69) is 17.1 Å². The molecule has 0 fully saturated rings. The molecule has 0 aliphatic carbocycles. The van der Waals surface area contributed by atoms with Crippen LogP contribution in [-0.4, -0.2) is 12.0 Å². The lowest BCUT2D eigenvalue weighted by Gasteiger charge is -2.20. The van der Waals surface area contributed by atoms with Crippen LogP contribution in [0.4, 0.5) is 11.4 Å². The molecule has 5 nitrogen and oxygen atoms in total. The Morgan fingerprint density at radius 2 is 1.70 bits per heavy atom. The highest BCUT2D eigenvalue weighted by molar-refractivity contribution is 5.64. The number of aryl methyl sites for hydroxylation is 1. The molecule has 0 radical (unpaired) electrons. The monoisotopic (exact) mass is 354 g/mol. The van der Waals surface area contributed by atoms with Gasteiger partial charge in [0.15, 0.2) is 0 Å². The van der Waals surface area contributed by atoms with Gasteiger partial charge in [-0.2, -0.15) is 10.5 Å². The summed E-state index contributed by atoms with van der Waals surface area (Å²) in [6, 6.07) is 20.9. The SMILES string of the molecule is Cc1ncc(N(C)c2ccc(C#N)cc2)cc1OCc1cccc(C#N)c1. The maximum Gasteiger partial charge on any atom is 0.143 e. The van der Waals surface area contributed by atoms with E-state index in [1.807, 2.05) is 55.3 Å². The number of aromatic nitrogens is 1. The Hall–Kier alpha value is -3.83. The molecule has 2 aromatic carbocycles. The van der Waals surface area contributed by atoms with Gasteiger partial charge in [-0.15, -0.1) is 0 Å². The normalized spacial score (nSPS) is 9.93. The number of ether oxygens (including phenoxy) is 1. The Morgan fingerprint density at radius 3 is 2.41 bits per heavy atom. The number of anilines is 2. The highest BCUT2D eigenvalue weighted by Gasteiger charge is 2.09. The number of nitrogens with zero attached hydrogens (tertiary/aromatic N) is 4. The molecular formula is C22H18N4O. The largest absolute Gasteiger partial charge is 0.487 e. The topological polar surface area (TPSA) is 72.9 Å². The number of rotatable bonds is 5. The van der Waals surface area contributed by atoms with Gasteiger partial charge in [0.1, 0.15) is 12.4 Å². The van der Waals surface area contributed by atoms with Gasteiger partial charge in [0.25, 0.3) is 0 Å². The van der Waals surface area contributed by atoms with E-state index in [4.69, 9.17) is 15.3 Å². The fourth-order valence-electron chi connectivity index (χ4n) is 2.63. The first-order valence-corrected chi connectivity index (χ1v) is 8.43. The summed E-state index contributed by atoms with van der Waals surface area (Å²) in [5, 5.41) is 17.9. The van der Waals surface area contributed by atoms with Gasteiger partial charge in [0.2, 0.25) is 0 Å². The van der Waals surface area contributed by atoms with Crippen molar-refractivity contribution in [1.82, 2.24) is 4.98 Å². The highest BCUT2D eigenvalue weighted by atomic mass is 16.5. The van der Waals surface area contributed by atoms with Gasteiger partial charge >= 0.3 is 0 Å². The van der Waals surface area contributed by atoms with Gasteiger partial charge in [-0.25, -0.2) is 0 Å². The Bertz CT molecular complexity index is 1030. The average molecular weight is 354 g/mol. The Balaban J connectivity index is 1.79. The van der Waals surface area contributed by atoms with Gasteiger partial charge in [0.05, 0.1) is 40.8 Å². The molecule has 27 heavy (non-hydrogen) atoms. The molecule has 0 atom stereocenters. The van der Waals surface area contributed by atoms with E-state index in [0.717, 1.165) is 22.6 Å². The second-order valence-electron chi connectivity index (χ2n) is 6.10. The van der Waals surface area contributed by atoms with Crippen LogP contribution in [0, 0.1) is 29.6 Å². The van der Waals surface area contributed by atoms with E-state index >= 15 is 0 Å². The lowest BCUT2D eigenvalue weighted by molar-refractivity contribution is 0.302. The van der Waals surface area contributed by atoms with Crippen molar-refractivity contribution in [3.63, 3.8) is 0 Å². The van der Waals surface area contributed by atoms with Gasteiger partial charge < -0.3 is 9.64 Å². The third-order valence-electron chi connectivity index (χ3n) is 4.25. The van der Waals surface area contributed by atoms with Crippen LogP contribution in [-0.2, 0) is 6.61 Å². The van der Waals surface area contributed by atoms with Crippen molar-refractivity contribution in [2.75, 3.05) is 11.9 Å². The first-order chi connectivity index (χ1) is 13.1. The maximum atomic E-state index is 9.01. The molecule has 0 saturated carbocycles. The predicted molar refractivity (Wildman–Crippen MR) is 104 cm³/mol. The van der Waals surface area contributed by atoms with Crippen LogP contribution in [0.2, 0.25) is 0 Å². The van der Waals surface area contributed by atoms with E-state index in [1.54, 1.807) is 24.4 Å². The lowest BCUT2D eigenvalue weighted by Crippen LogP contribution is -2.10. The number of hydrogen-bond donors (Lipinski definition) is 0. The van der Waals surface area contributed by atoms with Crippen molar-refractivity contribution in [3.05, 3.63) is 83.2 Å². The molecular weight excluding hydrogens is 336 g/mol. The van der Waals surface area contributed by atoms with E-state index in [-0.39, 0.29) is 0 Å². The van der Waals surface area contributed by atoms with E-state index in [1.165, 1.54) is 0 Å². The molecule has 0 amide bonds. The molecule has 0 bridgehead atoms. The number of benzene rings is 2. The number of hydrogen-bond acceptors (Lipinski definition) is 5. The van der Waals surface area contributed by atoms with Crippen molar-refractivity contribution in [3.8, 4) is 17.9 Å². The first kappa shape index (κ1) is 18.0. The second kappa shape index (κ2) is 8.03. The molecule has 0 unspecified atom stereocenters. The smallest absolute Gasteiger partial charge is 0.143 e. The number of nitriles is 2. The lowest BCUT2D eigenvalue weighted by atomic mass is 10.1. The maximum absolute atomic E-state index is 9.01. The zero-order chi connectivity index (χ0) is 19.2. The molecule has 1 heterocycles. The van der Waals surface area contributed by atoms with Crippen LogP contribution in [0.15, 0.2) is 60.8 Å². The molecule has 3 rings (SSSR count). The predicted octanol–water partition coefficient (Wildman–Crippen LogP) is 4.48. The zero-order valence-corrected chi connectivity index (χ0v) is 15.2. The summed E-state index contributed by atoms with van der Waals surface area (Å²) in [6.07, 6.45) is 1.79. The minimum absolute atomic E-state index is 0.363. The highest BCUT2D eigenvalue weighted by Crippen LogP contribution is 2.28. The second-order valence-corrected chi connectivity index (χ2v) is 6.10. The van der Waals surface area contributed by atoms with E-state index in [9.17, 15) is 0 Å². The van der Waals surface area contributed by atoms with Crippen molar-refractivity contribution in [2.45, 2.75) is 13.5 Å². The average Bonchev–Trinajstić information content (AvgIpc) is 2.73. The summed E-state index contributed by atoms with van der Waals surface area (Å²) in [6.45, 7) is 2.26. The van der Waals surface area contributed by atoms with E-state index in [0.29, 0.717) is 23.5 Å². The quantitative estimate of drug-likeness (QED) is 0.675. The zero-order valence-electron chi connectivity index (χ0n) is 15.2. The van der Waals surface area contributed by atoms with E-state index < -0.39 is 0 Å². The van der Waals surface area contributed by atoms with Crippen molar-refractivity contribution >= 4 is 11.4 Å². The van der Waals surface area contributed by atoms with Crippen LogP contribution >= 0.6 is 0 Å². The number of pyridine rings is 1. The van der Waals surface area contributed by atoms with Crippen LogP contribution in [0.25, 0.3) is 0 Å². The Morgan fingerprint density at radius 1 is 0.963 bits per heavy atom. The van der Waals surface area contributed by atoms with Gasteiger partial charge in [-0.05, 0) is 48.9 Å². The standard InChI is InChI=1S/C22H18N4O/c1-16-22(27-15-19-5-3-4-18(10-19)13-24)11-21(14-25-16)26(2)20-8-6-17(12-23)7-9-20/h3-11,14H,15H2,1-2H3. The summed E-state index contributed by atoms with van der Waals surface area (Å²) < 4.78 is 5.94. The van der Waals surface area contributed by atoms with Crippen LogP contribution < -0.4 is 9.64 Å². The Kier molecular flexibility index (Phi) is 5.35. The van der Waals surface area contributed by atoms with Crippen LogP contribution in [0.1, 0.15) is 22.4 Å². The summed E-state index contributed by atoms with van der Waals surface area (Å²) in [5.74, 6) is 0.690. The minimum Gasteiger partial charge on any atom is -0.487 e. The summed E-state index contributed by atoms with van der Waals surface area (Å²) in [4.78, 5) is 6.42. The summed E-state index contributed by atoms with van der Waals surface area (Å²) >= 11 is 0. The molecule has 132 valence electrons.